The molecule has 2 rings (SSSR count). The summed E-state index contributed by atoms with van der Waals surface area (Å²) in [5, 5.41) is 6.79. The van der Waals surface area contributed by atoms with Crippen LogP contribution in [0.25, 0.3) is 0 Å². The highest BCUT2D eigenvalue weighted by atomic mass is 15.0. The number of hydrogen-bond donors (Lipinski definition) is 3. The molecule has 0 radical (unpaired) electrons. The van der Waals surface area contributed by atoms with Crippen LogP contribution in [0.1, 0.15) is 31.0 Å². The third-order valence-electron chi connectivity index (χ3n) is 3.71. The van der Waals surface area contributed by atoms with Crippen molar-refractivity contribution in [1.82, 2.24) is 15.6 Å². The molecule has 1 aliphatic rings. The molecule has 1 atom stereocenters. The predicted octanol–water partition coefficient (Wildman–Crippen LogP) is 1.66. The zero-order valence-corrected chi connectivity index (χ0v) is 9.64. The summed E-state index contributed by atoms with van der Waals surface area (Å²) in [6.45, 7) is 1.09. The number of nitrogens with one attached hydrogen (secondary N) is 3. The first-order chi connectivity index (χ1) is 7.32. The highest BCUT2D eigenvalue weighted by molar-refractivity contribution is 5.15. The minimum atomic E-state index is 0.411. The fraction of sp³-hybridized carbons (Fsp3) is 0.667. The zero-order valence-electron chi connectivity index (χ0n) is 9.64. The molecule has 3 nitrogen and oxygen atoms in total. The van der Waals surface area contributed by atoms with Crippen molar-refractivity contribution in [2.45, 2.75) is 25.3 Å². The van der Waals surface area contributed by atoms with Crippen LogP contribution in [0.2, 0.25) is 0 Å². The van der Waals surface area contributed by atoms with Gasteiger partial charge >= 0.3 is 0 Å². The average Bonchev–Trinajstić information content (AvgIpc) is 2.68. The van der Waals surface area contributed by atoms with Crippen LogP contribution in [0, 0.1) is 5.41 Å². The maximum absolute atomic E-state index is 3.46. The Hall–Kier alpha value is -0.800. The molecule has 0 bridgehead atoms. The van der Waals surface area contributed by atoms with Crippen LogP contribution in [0.5, 0.6) is 0 Å². The van der Waals surface area contributed by atoms with Crippen molar-refractivity contribution >= 4 is 0 Å². The van der Waals surface area contributed by atoms with Crippen LogP contribution in [0.3, 0.4) is 0 Å². The van der Waals surface area contributed by atoms with Crippen molar-refractivity contribution in [2.75, 3.05) is 20.6 Å². The molecule has 0 saturated heterocycles. The van der Waals surface area contributed by atoms with Gasteiger partial charge in [0.1, 0.15) is 0 Å². The van der Waals surface area contributed by atoms with Gasteiger partial charge in [0.15, 0.2) is 0 Å². The number of aromatic amines is 1. The molecule has 0 aromatic carbocycles. The first kappa shape index (κ1) is 10.7. The van der Waals surface area contributed by atoms with Gasteiger partial charge < -0.3 is 15.6 Å². The standard InChI is InChI=1S/C12H21N3/c1-13-9-12(6-4-7-12)11(14-2)10-5-3-8-15-10/h3,5,8,11,13-15H,4,6-7,9H2,1-2H3. The third-order valence-corrected chi connectivity index (χ3v) is 3.71. The summed E-state index contributed by atoms with van der Waals surface area (Å²) >= 11 is 0. The Morgan fingerprint density at radius 3 is 2.67 bits per heavy atom. The third kappa shape index (κ3) is 1.82. The van der Waals surface area contributed by atoms with Crippen LogP contribution in [-0.2, 0) is 0 Å². The molecule has 0 spiro atoms. The minimum absolute atomic E-state index is 0.411. The Labute approximate surface area is 91.7 Å². The molecule has 3 heteroatoms. The molecule has 1 heterocycles. The number of H-pyrrole nitrogens is 1. The number of hydrogen-bond acceptors (Lipinski definition) is 2. The molecule has 0 amide bonds. The average molecular weight is 207 g/mol. The molecule has 3 N–H and O–H groups in total. The van der Waals surface area contributed by atoms with Crippen molar-refractivity contribution in [3.63, 3.8) is 0 Å². The van der Waals surface area contributed by atoms with Gasteiger partial charge in [-0.1, -0.05) is 6.42 Å². The fourth-order valence-corrected chi connectivity index (χ4v) is 2.87. The first-order valence-corrected chi connectivity index (χ1v) is 5.77. The normalized spacial score (nSPS) is 20.9. The first-order valence-electron chi connectivity index (χ1n) is 5.77. The smallest absolute Gasteiger partial charge is 0.0539 e. The fourth-order valence-electron chi connectivity index (χ4n) is 2.87. The molecule has 1 aromatic rings. The van der Waals surface area contributed by atoms with Gasteiger partial charge in [-0.3, -0.25) is 0 Å². The van der Waals surface area contributed by atoms with E-state index in [9.17, 15) is 0 Å². The lowest BCUT2D eigenvalue weighted by Gasteiger charge is -2.47. The number of aromatic nitrogens is 1. The topological polar surface area (TPSA) is 39.8 Å². The summed E-state index contributed by atoms with van der Waals surface area (Å²) in [4.78, 5) is 3.33. The van der Waals surface area contributed by atoms with E-state index in [4.69, 9.17) is 0 Å². The van der Waals surface area contributed by atoms with Crippen LogP contribution in [0.4, 0.5) is 0 Å². The molecule has 1 fully saturated rings. The van der Waals surface area contributed by atoms with E-state index >= 15 is 0 Å². The van der Waals surface area contributed by atoms with E-state index in [1.54, 1.807) is 0 Å². The van der Waals surface area contributed by atoms with Gasteiger partial charge in [-0.15, -0.1) is 0 Å². The second-order valence-corrected chi connectivity index (χ2v) is 4.59. The number of rotatable bonds is 5. The maximum atomic E-state index is 3.46. The van der Waals surface area contributed by atoms with Crippen LogP contribution >= 0.6 is 0 Å². The van der Waals surface area contributed by atoms with Gasteiger partial charge in [0.25, 0.3) is 0 Å². The van der Waals surface area contributed by atoms with Crippen molar-refractivity contribution in [3.8, 4) is 0 Å². The second kappa shape index (κ2) is 4.37. The second-order valence-electron chi connectivity index (χ2n) is 4.59. The molecular weight excluding hydrogens is 186 g/mol. The van der Waals surface area contributed by atoms with Gasteiger partial charge in [0.05, 0.1) is 6.04 Å². The summed E-state index contributed by atoms with van der Waals surface area (Å²) in [6, 6.07) is 4.70. The predicted molar refractivity (Wildman–Crippen MR) is 62.8 cm³/mol. The van der Waals surface area contributed by atoms with E-state index in [1.165, 1.54) is 25.0 Å². The van der Waals surface area contributed by atoms with Crippen molar-refractivity contribution in [3.05, 3.63) is 24.0 Å². The SMILES string of the molecule is CNCC1(C(NC)c2ccc[nH]2)CCC1. The van der Waals surface area contributed by atoms with E-state index < -0.39 is 0 Å². The van der Waals surface area contributed by atoms with Gasteiger partial charge in [0, 0.05) is 23.9 Å². The largest absolute Gasteiger partial charge is 0.364 e. The van der Waals surface area contributed by atoms with E-state index in [-0.39, 0.29) is 0 Å². The van der Waals surface area contributed by atoms with Crippen LogP contribution in [0.15, 0.2) is 18.3 Å². The lowest BCUT2D eigenvalue weighted by atomic mass is 9.63. The highest BCUT2D eigenvalue weighted by Gasteiger charge is 2.43. The highest BCUT2D eigenvalue weighted by Crippen LogP contribution is 2.49. The lowest BCUT2D eigenvalue weighted by molar-refractivity contribution is 0.0771. The van der Waals surface area contributed by atoms with Gasteiger partial charge in [0.2, 0.25) is 0 Å². The molecular formula is C12H21N3. The summed E-state index contributed by atoms with van der Waals surface area (Å²) in [6.07, 6.45) is 6.00. The Morgan fingerprint density at radius 2 is 2.27 bits per heavy atom. The van der Waals surface area contributed by atoms with Crippen LogP contribution < -0.4 is 10.6 Å². The summed E-state index contributed by atoms with van der Waals surface area (Å²) in [5.41, 5.74) is 1.72. The molecule has 1 aromatic heterocycles. The van der Waals surface area contributed by atoms with E-state index in [0.717, 1.165) is 6.54 Å². The summed E-state index contributed by atoms with van der Waals surface area (Å²) in [5.74, 6) is 0. The van der Waals surface area contributed by atoms with Crippen molar-refractivity contribution in [1.29, 1.82) is 0 Å². The molecule has 84 valence electrons. The minimum Gasteiger partial charge on any atom is -0.364 e. The summed E-state index contributed by atoms with van der Waals surface area (Å²) in [7, 11) is 4.10. The maximum Gasteiger partial charge on any atom is 0.0539 e. The quantitative estimate of drug-likeness (QED) is 0.687. The molecule has 15 heavy (non-hydrogen) atoms. The Morgan fingerprint density at radius 1 is 1.47 bits per heavy atom. The van der Waals surface area contributed by atoms with E-state index in [0.29, 0.717) is 11.5 Å². The molecule has 1 unspecified atom stereocenters. The van der Waals surface area contributed by atoms with Crippen molar-refractivity contribution in [2.24, 2.45) is 5.41 Å². The zero-order chi connectivity index (χ0) is 10.7. The Bertz CT molecular complexity index is 288. The van der Waals surface area contributed by atoms with Crippen molar-refractivity contribution < 1.29 is 0 Å². The van der Waals surface area contributed by atoms with Gasteiger partial charge in [-0.25, -0.2) is 0 Å². The Kier molecular flexibility index (Phi) is 3.12. The van der Waals surface area contributed by atoms with Gasteiger partial charge in [-0.2, -0.15) is 0 Å². The lowest BCUT2D eigenvalue weighted by Crippen LogP contribution is -2.48. The molecule has 0 aliphatic heterocycles. The molecule has 1 aliphatic carbocycles. The summed E-state index contributed by atoms with van der Waals surface area (Å²) < 4.78 is 0. The molecule has 1 saturated carbocycles. The Balaban J connectivity index is 2.17. The monoisotopic (exact) mass is 207 g/mol. The van der Waals surface area contributed by atoms with E-state index in [2.05, 4.69) is 34.8 Å². The van der Waals surface area contributed by atoms with E-state index in [1.807, 2.05) is 13.2 Å². The van der Waals surface area contributed by atoms with Gasteiger partial charge in [-0.05, 0) is 39.1 Å². The van der Waals surface area contributed by atoms with Crippen LogP contribution in [-0.4, -0.2) is 25.6 Å².